The summed E-state index contributed by atoms with van der Waals surface area (Å²) in [7, 11) is -4.03. The molecule has 0 heterocycles. The summed E-state index contributed by atoms with van der Waals surface area (Å²) in [5.74, 6) is -0.218. The van der Waals surface area contributed by atoms with Gasteiger partial charge in [-0.1, -0.05) is 116 Å². The fourth-order valence-corrected chi connectivity index (χ4v) is 4.29. The molecule has 0 saturated heterocycles. The van der Waals surface area contributed by atoms with E-state index in [0.717, 1.165) is 44.9 Å². The molecule has 0 aromatic rings. The standard InChI is InChI=1S/C23H48O4S.K/c1-2-3-4-5-6-7-8-11-14-17-20-23(24)21-18-15-12-9-10-13-16-19-22-28(25,26)27;/h23-24H,2-22H2,1H3,(H,25,26,27);/q;+1/p-1. The average molecular weight is 459 g/mol. The Morgan fingerprint density at radius 2 is 0.931 bits per heavy atom. The van der Waals surface area contributed by atoms with Gasteiger partial charge in [0, 0.05) is 5.75 Å². The van der Waals surface area contributed by atoms with Crippen LogP contribution in [0.4, 0.5) is 0 Å². The Morgan fingerprint density at radius 1 is 0.621 bits per heavy atom. The zero-order chi connectivity index (χ0) is 20.9. The third-order valence-corrected chi connectivity index (χ3v) is 6.36. The van der Waals surface area contributed by atoms with Crippen LogP contribution in [0.3, 0.4) is 0 Å². The maximum atomic E-state index is 10.5. The fourth-order valence-electron chi connectivity index (χ4n) is 3.73. The number of hydrogen-bond donors (Lipinski definition) is 1. The second-order valence-electron chi connectivity index (χ2n) is 8.50. The van der Waals surface area contributed by atoms with Gasteiger partial charge in [-0.25, -0.2) is 8.42 Å². The molecule has 0 fully saturated rings. The second kappa shape index (κ2) is 24.2. The van der Waals surface area contributed by atoms with Crippen molar-refractivity contribution in [2.45, 2.75) is 141 Å². The molecule has 0 rings (SSSR count). The molecule has 0 aromatic heterocycles. The normalized spacial score (nSPS) is 12.7. The minimum Gasteiger partial charge on any atom is -0.748 e. The van der Waals surface area contributed by atoms with Gasteiger partial charge in [-0.3, -0.25) is 0 Å². The van der Waals surface area contributed by atoms with Gasteiger partial charge in [-0.05, 0) is 19.3 Å². The maximum absolute atomic E-state index is 10.5. The number of unbranched alkanes of at least 4 members (excludes halogenated alkanes) is 16. The minimum absolute atomic E-state index is 0. The molecule has 0 aromatic carbocycles. The Kier molecular flexibility index (Phi) is 27.2. The Bertz CT molecular complexity index is 415. The molecule has 0 aliphatic carbocycles. The molecular formula is C23H47KO4S. The Balaban J connectivity index is 0. The summed E-state index contributed by atoms with van der Waals surface area (Å²) in [6.45, 7) is 2.26. The molecule has 1 atom stereocenters. The first-order valence-corrected chi connectivity index (χ1v) is 13.6. The molecular weight excluding hydrogens is 411 g/mol. The summed E-state index contributed by atoms with van der Waals surface area (Å²) in [6, 6.07) is 0. The number of aliphatic hydroxyl groups is 1. The molecule has 4 nitrogen and oxygen atoms in total. The third kappa shape index (κ3) is 29.5. The summed E-state index contributed by atoms with van der Waals surface area (Å²) in [5, 5.41) is 10.1. The molecule has 0 aliphatic rings. The quantitative estimate of drug-likeness (QED) is 0.152. The molecule has 0 radical (unpaired) electrons. The van der Waals surface area contributed by atoms with Gasteiger partial charge in [0.15, 0.2) is 0 Å². The van der Waals surface area contributed by atoms with Crippen molar-refractivity contribution < 1.29 is 69.5 Å². The van der Waals surface area contributed by atoms with Crippen LogP contribution in [0.5, 0.6) is 0 Å². The van der Waals surface area contributed by atoms with Crippen LogP contribution in [0.25, 0.3) is 0 Å². The molecule has 0 bridgehead atoms. The Hall–Kier alpha value is 1.51. The van der Waals surface area contributed by atoms with Crippen LogP contribution in [0.2, 0.25) is 0 Å². The molecule has 1 N–H and O–H groups in total. The average Bonchev–Trinajstić information content (AvgIpc) is 2.64. The zero-order valence-electron chi connectivity index (χ0n) is 19.5. The van der Waals surface area contributed by atoms with E-state index in [0.29, 0.717) is 6.42 Å². The van der Waals surface area contributed by atoms with Crippen molar-refractivity contribution in [3.63, 3.8) is 0 Å². The van der Waals surface area contributed by atoms with E-state index in [-0.39, 0.29) is 63.2 Å². The van der Waals surface area contributed by atoms with Crippen molar-refractivity contribution in [3.05, 3.63) is 0 Å². The molecule has 29 heavy (non-hydrogen) atoms. The van der Waals surface area contributed by atoms with Crippen LogP contribution in [-0.4, -0.2) is 29.9 Å². The first-order valence-electron chi connectivity index (χ1n) is 12.1. The first-order chi connectivity index (χ1) is 13.5. The molecule has 1 unspecified atom stereocenters. The van der Waals surface area contributed by atoms with Crippen LogP contribution < -0.4 is 51.4 Å². The second-order valence-corrected chi connectivity index (χ2v) is 10.0. The third-order valence-electron chi connectivity index (χ3n) is 5.57. The van der Waals surface area contributed by atoms with Gasteiger partial charge in [0.1, 0.15) is 0 Å². The van der Waals surface area contributed by atoms with Crippen molar-refractivity contribution in [1.82, 2.24) is 0 Å². The fraction of sp³-hybridized carbons (Fsp3) is 1.00. The van der Waals surface area contributed by atoms with E-state index in [1.54, 1.807) is 0 Å². The van der Waals surface area contributed by atoms with Crippen LogP contribution in [0.15, 0.2) is 0 Å². The summed E-state index contributed by atoms with van der Waals surface area (Å²) in [5.41, 5.74) is 0. The smallest absolute Gasteiger partial charge is 0.748 e. The number of aliphatic hydroxyl groups excluding tert-OH is 1. The molecule has 170 valence electrons. The van der Waals surface area contributed by atoms with Crippen molar-refractivity contribution in [2.75, 3.05) is 5.75 Å². The van der Waals surface area contributed by atoms with Crippen molar-refractivity contribution in [3.8, 4) is 0 Å². The van der Waals surface area contributed by atoms with E-state index in [2.05, 4.69) is 6.92 Å². The first kappa shape index (κ1) is 32.7. The number of rotatable bonds is 22. The molecule has 0 spiro atoms. The SMILES string of the molecule is CCCCCCCCCCCCC(O)CCCCCCCCCCS(=O)(=O)[O-].[K+]. The summed E-state index contributed by atoms with van der Waals surface area (Å²) in [4.78, 5) is 0. The Morgan fingerprint density at radius 3 is 1.28 bits per heavy atom. The van der Waals surface area contributed by atoms with Gasteiger partial charge >= 0.3 is 51.4 Å². The van der Waals surface area contributed by atoms with Gasteiger partial charge in [-0.2, -0.15) is 0 Å². The molecule has 6 heteroatoms. The van der Waals surface area contributed by atoms with E-state index in [1.165, 1.54) is 77.0 Å². The van der Waals surface area contributed by atoms with Gasteiger partial charge < -0.3 is 9.66 Å². The van der Waals surface area contributed by atoms with Crippen LogP contribution >= 0.6 is 0 Å². The monoisotopic (exact) mass is 458 g/mol. The maximum Gasteiger partial charge on any atom is 1.00 e. The van der Waals surface area contributed by atoms with Crippen LogP contribution in [-0.2, 0) is 10.1 Å². The largest absolute Gasteiger partial charge is 1.00 e. The predicted octanol–water partition coefficient (Wildman–Crippen LogP) is 3.72. The Labute approximate surface area is 224 Å². The van der Waals surface area contributed by atoms with Gasteiger partial charge in [0.25, 0.3) is 0 Å². The minimum atomic E-state index is -4.03. The summed E-state index contributed by atoms with van der Waals surface area (Å²) in [6.07, 6.45) is 23.2. The predicted molar refractivity (Wildman–Crippen MR) is 119 cm³/mol. The van der Waals surface area contributed by atoms with E-state index in [1.807, 2.05) is 0 Å². The van der Waals surface area contributed by atoms with E-state index < -0.39 is 10.1 Å². The van der Waals surface area contributed by atoms with E-state index >= 15 is 0 Å². The molecule has 0 aliphatic heterocycles. The molecule has 0 amide bonds. The van der Waals surface area contributed by atoms with Crippen LogP contribution in [0, 0.1) is 0 Å². The van der Waals surface area contributed by atoms with E-state index in [9.17, 15) is 18.1 Å². The summed E-state index contributed by atoms with van der Waals surface area (Å²) < 4.78 is 31.4. The molecule has 0 saturated carbocycles. The van der Waals surface area contributed by atoms with Crippen molar-refractivity contribution >= 4 is 10.1 Å². The van der Waals surface area contributed by atoms with Gasteiger partial charge in [0.2, 0.25) is 0 Å². The van der Waals surface area contributed by atoms with Crippen molar-refractivity contribution in [1.29, 1.82) is 0 Å². The van der Waals surface area contributed by atoms with Crippen LogP contribution in [0.1, 0.15) is 135 Å². The van der Waals surface area contributed by atoms with Gasteiger partial charge in [0.05, 0.1) is 16.2 Å². The van der Waals surface area contributed by atoms with Crippen molar-refractivity contribution in [2.24, 2.45) is 0 Å². The summed E-state index contributed by atoms with van der Waals surface area (Å²) >= 11 is 0. The van der Waals surface area contributed by atoms with E-state index in [4.69, 9.17) is 0 Å². The number of hydrogen-bond acceptors (Lipinski definition) is 4. The topological polar surface area (TPSA) is 77.4 Å². The van der Waals surface area contributed by atoms with Gasteiger partial charge in [-0.15, -0.1) is 0 Å². The zero-order valence-corrected chi connectivity index (χ0v) is 23.4.